The molecular weight excluding hydrogens is 280 g/mol. The van der Waals surface area contributed by atoms with E-state index in [9.17, 15) is 4.79 Å². The molecule has 5 heteroatoms. The van der Waals surface area contributed by atoms with Crippen molar-refractivity contribution in [2.24, 2.45) is 0 Å². The Labute approximate surface area is 129 Å². The Balaban J connectivity index is 1.64. The van der Waals surface area contributed by atoms with Crippen molar-refractivity contribution < 1.29 is 14.3 Å². The Morgan fingerprint density at radius 2 is 1.95 bits per heavy atom. The van der Waals surface area contributed by atoms with Gasteiger partial charge < -0.3 is 20.1 Å². The van der Waals surface area contributed by atoms with Crippen LogP contribution in [0.4, 0.5) is 5.69 Å². The zero-order chi connectivity index (χ0) is 15.2. The standard InChI is InChI=1S/C17H18N2O3/c20-17(16-12-21-10-9-18-16)19-13-5-4-8-15(11-13)22-14-6-2-1-3-7-14/h1-8,11,16,18H,9-10,12H2,(H,19,20)/t16-/m0/s1. The lowest BCUT2D eigenvalue weighted by Gasteiger charge is -2.22. The van der Waals surface area contributed by atoms with E-state index in [1.54, 1.807) is 6.07 Å². The first kappa shape index (κ1) is 14.6. The molecule has 0 spiro atoms. The van der Waals surface area contributed by atoms with Gasteiger partial charge in [0.1, 0.15) is 17.5 Å². The Morgan fingerprint density at radius 1 is 1.14 bits per heavy atom. The van der Waals surface area contributed by atoms with E-state index in [0.717, 1.165) is 5.75 Å². The molecule has 1 aliphatic heterocycles. The van der Waals surface area contributed by atoms with Crippen molar-refractivity contribution in [2.45, 2.75) is 6.04 Å². The molecule has 1 fully saturated rings. The van der Waals surface area contributed by atoms with Crippen molar-refractivity contribution in [1.82, 2.24) is 5.32 Å². The summed E-state index contributed by atoms with van der Waals surface area (Å²) in [6, 6.07) is 16.5. The average Bonchev–Trinajstić information content (AvgIpc) is 2.57. The van der Waals surface area contributed by atoms with E-state index in [4.69, 9.17) is 9.47 Å². The van der Waals surface area contributed by atoms with Gasteiger partial charge in [0.05, 0.1) is 13.2 Å². The predicted molar refractivity (Wildman–Crippen MR) is 84.2 cm³/mol. The van der Waals surface area contributed by atoms with Gasteiger partial charge in [0.25, 0.3) is 0 Å². The number of hydrogen-bond donors (Lipinski definition) is 2. The van der Waals surface area contributed by atoms with Crippen LogP contribution in [0.15, 0.2) is 54.6 Å². The number of ether oxygens (including phenoxy) is 2. The fourth-order valence-corrected chi connectivity index (χ4v) is 2.23. The first-order valence-corrected chi connectivity index (χ1v) is 7.26. The number of hydrogen-bond acceptors (Lipinski definition) is 4. The van der Waals surface area contributed by atoms with Crippen LogP contribution < -0.4 is 15.4 Å². The molecule has 3 rings (SSSR count). The molecule has 1 aliphatic rings. The van der Waals surface area contributed by atoms with E-state index in [2.05, 4.69) is 10.6 Å². The Morgan fingerprint density at radius 3 is 2.73 bits per heavy atom. The van der Waals surface area contributed by atoms with Gasteiger partial charge in [-0.25, -0.2) is 0 Å². The molecule has 0 aliphatic carbocycles. The molecule has 5 nitrogen and oxygen atoms in total. The summed E-state index contributed by atoms with van der Waals surface area (Å²) < 4.78 is 11.1. The number of carbonyl (C=O) groups excluding carboxylic acids is 1. The zero-order valence-electron chi connectivity index (χ0n) is 12.1. The normalized spacial score (nSPS) is 17.7. The number of anilines is 1. The van der Waals surface area contributed by atoms with Crippen LogP contribution in [0.3, 0.4) is 0 Å². The zero-order valence-corrected chi connectivity index (χ0v) is 12.1. The summed E-state index contributed by atoms with van der Waals surface area (Å²) in [6.45, 7) is 1.73. The van der Waals surface area contributed by atoms with Crippen molar-refractivity contribution in [1.29, 1.82) is 0 Å². The number of carbonyl (C=O) groups is 1. The van der Waals surface area contributed by atoms with Crippen molar-refractivity contribution in [3.63, 3.8) is 0 Å². The van der Waals surface area contributed by atoms with Gasteiger partial charge in [0, 0.05) is 18.3 Å². The second-order valence-electron chi connectivity index (χ2n) is 5.01. The van der Waals surface area contributed by atoms with Crippen molar-refractivity contribution in [3.05, 3.63) is 54.6 Å². The van der Waals surface area contributed by atoms with Gasteiger partial charge >= 0.3 is 0 Å². The topological polar surface area (TPSA) is 59.6 Å². The third kappa shape index (κ3) is 3.84. The molecule has 2 aromatic rings. The summed E-state index contributed by atoms with van der Waals surface area (Å²) in [5.41, 5.74) is 0.700. The molecule has 2 aromatic carbocycles. The largest absolute Gasteiger partial charge is 0.457 e. The predicted octanol–water partition coefficient (Wildman–Crippen LogP) is 2.41. The second kappa shape index (κ2) is 7.06. The Kier molecular flexibility index (Phi) is 4.68. The first-order valence-electron chi connectivity index (χ1n) is 7.26. The number of nitrogens with one attached hydrogen (secondary N) is 2. The van der Waals surface area contributed by atoms with Crippen molar-refractivity contribution in [2.75, 3.05) is 25.1 Å². The van der Waals surface area contributed by atoms with E-state index < -0.39 is 0 Å². The maximum Gasteiger partial charge on any atom is 0.243 e. The van der Waals surface area contributed by atoms with E-state index in [-0.39, 0.29) is 11.9 Å². The van der Waals surface area contributed by atoms with Gasteiger partial charge in [-0.15, -0.1) is 0 Å². The quantitative estimate of drug-likeness (QED) is 0.910. The van der Waals surface area contributed by atoms with Gasteiger partial charge in [0.2, 0.25) is 5.91 Å². The minimum Gasteiger partial charge on any atom is -0.457 e. The van der Waals surface area contributed by atoms with Crippen LogP contribution in [-0.4, -0.2) is 31.7 Å². The molecule has 1 atom stereocenters. The molecule has 22 heavy (non-hydrogen) atoms. The van der Waals surface area contributed by atoms with Crippen LogP contribution in [0.1, 0.15) is 0 Å². The number of rotatable bonds is 4. The van der Waals surface area contributed by atoms with Gasteiger partial charge in [0.15, 0.2) is 0 Å². The summed E-state index contributed by atoms with van der Waals surface area (Å²) in [4.78, 5) is 12.1. The number of benzene rings is 2. The summed E-state index contributed by atoms with van der Waals surface area (Å²) in [7, 11) is 0. The maximum atomic E-state index is 12.1. The highest BCUT2D eigenvalue weighted by Gasteiger charge is 2.21. The summed E-state index contributed by atoms with van der Waals surface area (Å²) >= 11 is 0. The molecule has 0 radical (unpaired) electrons. The monoisotopic (exact) mass is 298 g/mol. The van der Waals surface area contributed by atoms with Gasteiger partial charge in [-0.1, -0.05) is 24.3 Å². The molecule has 0 unspecified atom stereocenters. The van der Waals surface area contributed by atoms with Crippen molar-refractivity contribution in [3.8, 4) is 11.5 Å². The molecule has 1 heterocycles. The molecule has 2 N–H and O–H groups in total. The molecule has 0 saturated carbocycles. The van der Waals surface area contributed by atoms with Crippen LogP contribution in [0.25, 0.3) is 0 Å². The molecule has 1 saturated heterocycles. The first-order chi connectivity index (χ1) is 10.8. The van der Waals surface area contributed by atoms with Crippen molar-refractivity contribution >= 4 is 11.6 Å². The molecule has 114 valence electrons. The fraction of sp³-hybridized carbons (Fsp3) is 0.235. The van der Waals surface area contributed by atoms with Gasteiger partial charge in [-0.3, -0.25) is 4.79 Å². The maximum absolute atomic E-state index is 12.1. The lowest BCUT2D eigenvalue weighted by Crippen LogP contribution is -2.48. The van der Waals surface area contributed by atoms with E-state index in [0.29, 0.717) is 31.2 Å². The molecular formula is C17H18N2O3. The van der Waals surface area contributed by atoms with Crippen LogP contribution in [-0.2, 0) is 9.53 Å². The van der Waals surface area contributed by atoms with Crippen LogP contribution >= 0.6 is 0 Å². The summed E-state index contributed by atoms with van der Waals surface area (Å²) in [5.74, 6) is 1.33. The van der Waals surface area contributed by atoms with Crippen LogP contribution in [0.2, 0.25) is 0 Å². The average molecular weight is 298 g/mol. The highest BCUT2D eigenvalue weighted by Crippen LogP contribution is 2.23. The molecule has 0 aromatic heterocycles. The second-order valence-corrected chi connectivity index (χ2v) is 5.01. The van der Waals surface area contributed by atoms with Crippen LogP contribution in [0.5, 0.6) is 11.5 Å². The lowest BCUT2D eigenvalue weighted by atomic mass is 10.2. The SMILES string of the molecule is O=C(Nc1cccc(Oc2ccccc2)c1)[C@@H]1COCCN1. The third-order valence-electron chi connectivity index (χ3n) is 3.32. The third-order valence-corrected chi connectivity index (χ3v) is 3.32. The number of amides is 1. The smallest absolute Gasteiger partial charge is 0.243 e. The van der Waals surface area contributed by atoms with E-state index in [1.165, 1.54) is 0 Å². The van der Waals surface area contributed by atoms with Gasteiger partial charge in [-0.05, 0) is 24.3 Å². The highest BCUT2D eigenvalue weighted by atomic mass is 16.5. The Bertz CT molecular complexity index is 625. The summed E-state index contributed by atoms with van der Waals surface area (Å²) in [5, 5.41) is 6.00. The summed E-state index contributed by atoms with van der Waals surface area (Å²) in [6.07, 6.45) is 0. The lowest BCUT2D eigenvalue weighted by molar-refractivity contribution is -0.120. The van der Waals surface area contributed by atoms with Gasteiger partial charge in [-0.2, -0.15) is 0 Å². The van der Waals surface area contributed by atoms with Crippen LogP contribution in [0, 0.1) is 0 Å². The van der Waals surface area contributed by atoms with E-state index in [1.807, 2.05) is 48.5 Å². The highest BCUT2D eigenvalue weighted by molar-refractivity contribution is 5.95. The minimum atomic E-state index is -0.313. The number of para-hydroxylation sites is 1. The minimum absolute atomic E-state index is 0.100. The Hall–Kier alpha value is -2.37. The van der Waals surface area contributed by atoms with E-state index >= 15 is 0 Å². The molecule has 1 amide bonds. The fourth-order valence-electron chi connectivity index (χ4n) is 2.23. The molecule has 0 bridgehead atoms. The number of morpholine rings is 1.